The van der Waals surface area contributed by atoms with Crippen LogP contribution in [0.15, 0.2) is 53.7 Å². The minimum atomic E-state index is -4.15. The quantitative estimate of drug-likeness (QED) is 0.617. The minimum Gasteiger partial charge on any atom is -0.326 e. The van der Waals surface area contributed by atoms with Crippen molar-refractivity contribution in [2.24, 2.45) is 5.14 Å². The number of anilines is 1. The Hall–Kier alpha value is -2.90. The molecule has 0 fully saturated rings. The molecule has 0 aliphatic heterocycles. The van der Waals surface area contributed by atoms with Crippen LogP contribution in [0.2, 0.25) is 10.0 Å². The number of nitrogens with two attached hydrogens (primary N) is 1. The number of hydrogen-bond acceptors (Lipinski definition) is 5. The first-order valence-corrected chi connectivity index (χ1v) is 10.3. The summed E-state index contributed by atoms with van der Waals surface area (Å²) in [6, 6.07) is 10.9. The van der Waals surface area contributed by atoms with Gasteiger partial charge >= 0.3 is 0 Å². The first-order chi connectivity index (χ1) is 13.7. The molecule has 0 saturated heterocycles. The molecule has 148 valence electrons. The molecule has 3 N–H and O–H groups in total. The molecule has 2 aromatic carbocycles. The van der Waals surface area contributed by atoms with Crippen LogP contribution >= 0.6 is 23.2 Å². The number of amides is 1. The molecule has 0 aliphatic carbocycles. The van der Waals surface area contributed by atoms with Gasteiger partial charge in [0.15, 0.2) is 0 Å². The molecule has 3 aromatic rings. The van der Waals surface area contributed by atoms with Crippen molar-refractivity contribution in [1.82, 2.24) is 9.78 Å². The van der Waals surface area contributed by atoms with Gasteiger partial charge in [-0.15, -0.1) is 0 Å². The number of halogens is 2. The van der Waals surface area contributed by atoms with Crippen molar-refractivity contribution in [3.05, 3.63) is 70.0 Å². The Balaban J connectivity index is 1.91. The number of nitrogens with zero attached hydrogens (tertiary/aromatic N) is 3. The number of carbonyl (C=O) groups is 1. The summed E-state index contributed by atoms with van der Waals surface area (Å²) in [6.07, 6.45) is 2.55. The fourth-order valence-electron chi connectivity index (χ4n) is 2.59. The Labute approximate surface area is 176 Å². The molecule has 0 radical (unpaired) electrons. The van der Waals surface area contributed by atoms with Gasteiger partial charge in [-0.25, -0.2) is 18.2 Å². The average molecular weight is 450 g/mol. The number of benzene rings is 2. The Morgan fingerprint density at radius 2 is 1.93 bits per heavy atom. The summed E-state index contributed by atoms with van der Waals surface area (Å²) in [6.45, 7) is 0. The van der Waals surface area contributed by atoms with Gasteiger partial charge < -0.3 is 5.32 Å². The van der Waals surface area contributed by atoms with Crippen LogP contribution in [-0.4, -0.2) is 24.1 Å². The molecule has 8 nitrogen and oxygen atoms in total. The van der Waals surface area contributed by atoms with Gasteiger partial charge in [-0.05, 0) is 35.9 Å². The first kappa shape index (κ1) is 20.8. The monoisotopic (exact) mass is 449 g/mol. The van der Waals surface area contributed by atoms with Crippen molar-refractivity contribution in [1.29, 1.82) is 5.26 Å². The minimum absolute atomic E-state index is 0.102. The molecular formula is C18H13Cl2N5O3S. The molecule has 0 spiro atoms. The number of aromatic nitrogens is 2. The van der Waals surface area contributed by atoms with E-state index in [2.05, 4.69) is 10.4 Å². The molecule has 1 heterocycles. The SMILES string of the molecule is N#Cc1cnn(-c2ccc(NC(=O)Cc3c(Cl)cccc3Cl)cc2S(N)(=O)=O)c1. The predicted molar refractivity (Wildman–Crippen MR) is 108 cm³/mol. The van der Waals surface area contributed by atoms with Crippen LogP contribution in [-0.2, 0) is 21.2 Å². The first-order valence-electron chi connectivity index (χ1n) is 8.04. The molecule has 29 heavy (non-hydrogen) atoms. The van der Waals surface area contributed by atoms with Gasteiger partial charge in [-0.1, -0.05) is 29.3 Å². The van der Waals surface area contributed by atoms with Gasteiger partial charge in [-0.2, -0.15) is 10.4 Å². The molecule has 1 amide bonds. The molecule has 3 rings (SSSR count). The molecule has 0 saturated carbocycles. The fraction of sp³-hybridized carbons (Fsp3) is 0.0556. The fourth-order valence-corrected chi connectivity index (χ4v) is 3.86. The smallest absolute Gasteiger partial charge is 0.240 e. The topological polar surface area (TPSA) is 131 Å². The number of primary sulfonamides is 1. The van der Waals surface area contributed by atoms with E-state index in [0.717, 1.165) is 0 Å². The maximum atomic E-state index is 12.4. The van der Waals surface area contributed by atoms with Crippen molar-refractivity contribution >= 4 is 44.8 Å². The van der Waals surface area contributed by atoms with E-state index in [1.807, 2.05) is 6.07 Å². The molecule has 0 bridgehead atoms. The van der Waals surface area contributed by atoms with Gasteiger partial charge in [-0.3, -0.25) is 4.79 Å². The van der Waals surface area contributed by atoms with Crippen molar-refractivity contribution in [2.45, 2.75) is 11.3 Å². The second-order valence-corrected chi connectivity index (χ2v) is 8.28. The number of hydrogen-bond donors (Lipinski definition) is 2. The van der Waals surface area contributed by atoms with Crippen molar-refractivity contribution in [2.75, 3.05) is 5.32 Å². The number of nitriles is 1. The Morgan fingerprint density at radius 3 is 2.52 bits per heavy atom. The van der Waals surface area contributed by atoms with E-state index >= 15 is 0 Å². The maximum absolute atomic E-state index is 12.4. The summed E-state index contributed by atoms with van der Waals surface area (Å²) < 4.78 is 25.3. The molecule has 11 heteroatoms. The lowest BCUT2D eigenvalue weighted by Crippen LogP contribution is -2.18. The molecule has 0 unspecified atom stereocenters. The van der Waals surface area contributed by atoms with E-state index in [-0.39, 0.29) is 28.3 Å². The highest BCUT2D eigenvalue weighted by atomic mass is 35.5. The van der Waals surface area contributed by atoms with E-state index in [1.54, 1.807) is 18.2 Å². The number of nitrogens with one attached hydrogen (secondary N) is 1. The zero-order chi connectivity index (χ0) is 21.2. The van der Waals surface area contributed by atoms with E-state index in [1.165, 1.54) is 35.3 Å². The third-order valence-corrected chi connectivity index (χ3v) is 5.56. The highest BCUT2D eigenvalue weighted by Crippen LogP contribution is 2.26. The van der Waals surface area contributed by atoms with E-state index < -0.39 is 15.9 Å². The summed E-state index contributed by atoms with van der Waals surface area (Å²) in [7, 11) is -4.15. The van der Waals surface area contributed by atoms with Crippen LogP contribution in [0.3, 0.4) is 0 Å². The zero-order valence-electron chi connectivity index (χ0n) is 14.6. The van der Waals surface area contributed by atoms with Crippen molar-refractivity contribution in [3.8, 4) is 11.8 Å². The lowest BCUT2D eigenvalue weighted by molar-refractivity contribution is -0.115. The largest absolute Gasteiger partial charge is 0.326 e. The second kappa shape index (κ2) is 8.23. The van der Waals surface area contributed by atoms with E-state index in [0.29, 0.717) is 15.6 Å². The highest BCUT2D eigenvalue weighted by Gasteiger charge is 2.18. The van der Waals surface area contributed by atoms with Crippen LogP contribution in [0.5, 0.6) is 0 Å². The summed E-state index contributed by atoms with van der Waals surface area (Å²) in [5, 5.41) is 21.5. The molecule has 1 aromatic heterocycles. The Bertz CT molecular complexity index is 1230. The standard InChI is InChI=1S/C18H13Cl2N5O3S/c19-14-2-1-3-15(20)13(14)7-18(26)24-12-4-5-16(17(6-12)29(22,27)28)25-10-11(8-21)9-23-25/h1-6,9-10H,7H2,(H,24,26)(H2,22,27,28). The molecular weight excluding hydrogens is 437 g/mol. The lowest BCUT2D eigenvalue weighted by atomic mass is 10.1. The third kappa shape index (κ3) is 4.75. The maximum Gasteiger partial charge on any atom is 0.240 e. The van der Waals surface area contributed by atoms with Crippen molar-refractivity contribution in [3.63, 3.8) is 0 Å². The van der Waals surface area contributed by atoms with Crippen LogP contribution in [0, 0.1) is 11.3 Å². The van der Waals surface area contributed by atoms with Crippen molar-refractivity contribution < 1.29 is 13.2 Å². The van der Waals surface area contributed by atoms with Gasteiger partial charge in [0, 0.05) is 21.9 Å². The Kier molecular flexibility index (Phi) is 5.91. The van der Waals surface area contributed by atoms with Gasteiger partial charge in [0.05, 0.1) is 23.9 Å². The lowest BCUT2D eigenvalue weighted by Gasteiger charge is -2.12. The van der Waals surface area contributed by atoms with Crippen LogP contribution < -0.4 is 10.5 Å². The summed E-state index contributed by atoms with van der Waals surface area (Å²) in [5.41, 5.74) is 1.05. The Morgan fingerprint density at radius 1 is 1.24 bits per heavy atom. The van der Waals surface area contributed by atoms with E-state index in [9.17, 15) is 13.2 Å². The van der Waals surface area contributed by atoms with Crippen LogP contribution in [0.4, 0.5) is 5.69 Å². The predicted octanol–water partition coefficient (Wildman–Crippen LogP) is 2.88. The second-order valence-electron chi connectivity index (χ2n) is 5.94. The molecule has 0 aliphatic rings. The van der Waals surface area contributed by atoms with Crippen LogP contribution in [0.25, 0.3) is 5.69 Å². The van der Waals surface area contributed by atoms with Crippen LogP contribution in [0.1, 0.15) is 11.1 Å². The summed E-state index contributed by atoms with van der Waals surface area (Å²) in [5.74, 6) is -0.445. The number of carbonyl (C=O) groups excluding carboxylic acids is 1. The normalized spacial score (nSPS) is 11.1. The number of rotatable bonds is 5. The summed E-state index contributed by atoms with van der Waals surface area (Å²) in [4.78, 5) is 12.1. The van der Waals surface area contributed by atoms with Gasteiger partial charge in [0.25, 0.3) is 0 Å². The average Bonchev–Trinajstić information content (AvgIpc) is 3.13. The highest BCUT2D eigenvalue weighted by molar-refractivity contribution is 7.89. The van der Waals surface area contributed by atoms with E-state index in [4.69, 9.17) is 33.6 Å². The van der Waals surface area contributed by atoms with Gasteiger partial charge in [0.2, 0.25) is 15.9 Å². The number of sulfonamides is 1. The zero-order valence-corrected chi connectivity index (χ0v) is 17.0. The molecule has 0 atom stereocenters. The third-order valence-electron chi connectivity index (χ3n) is 3.91. The van der Waals surface area contributed by atoms with Gasteiger partial charge in [0.1, 0.15) is 11.0 Å². The summed E-state index contributed by atoms with van der Waals surface area (Å²) >= 11 is 12.1.